The van der Waals surface area contributed by atoms with Crippen LogP contribution in [0.3, 0.4) is 0 Å². The molecule has 23 heavy (non-hydrogen) atoms. The van der Waals surface area contributed by atoms with Crippen molar-refractivity contribution in [1.82, 2.24) is 0 Å². The lowest BCUT2D eigenvalue weighted by molar-refractivity contribution is -0.131. The molecule has 4 nitrogen and oxygen atoms in total. The summed E-state index contributed by atoms with van der Waals surface area (Å²) in [6.45, 7) is 3.63. The van der Waals surface area contributed by atoms with Gasteiger partial charge in [-0.2, -0.15) is 0 Å². The lowest BCUT2D eigenvalue weighted by Crippen LogP contribution is -2.10. The van der Waals surface area contributed by atoms with Gasteiger partial charge in [0.2, 0.25) is 0 Å². The monoisotopic (exact) mass is 374 g/mol. The molecule has 0 aliphatic carbocycles. The van der Waals surface area contributed by atoms with Crippen molar-refractivity contribution in [3.63, 3.8) is 0 Å². The molecule has 0 aliphatic heterocycles. The van der Waals surface area contributed by atoms with Gasteiger partial charge in [-0.15, -0.1) is 0 Å². The van der Waals surface area contributed by atoms with Crippen molar-refractivity contribution >= 4 is 33.9 Å². The zero-order valence-corrected chi connectivity index (χ0v) is 14.3. The molecule has 0 aliphatic rings. The van der Waals surface area contributed by atoms with E-state index < -0.39 is 11.9 Å². The van der Waals surface area contributed by atoms with Crippen LogP contribution in [0, 0.1) is 13.8 Å². The fourth-order valence-electron chi connectivity index (χ4n) is 2.15. The van der Waals surface area contributed by atoms with Crippen LogP contribution in [0.2, 0.25) is 0 Å². The Balaban J connectivity index is 2.24. The maximum atomic E-state index is 12.2. The number of aliphatic carboxylic acids is 1. The Labute approximate surface area is 142 Å². The van der Waals surface area contributed by atoms with Crippen LogP contribution >= 0.6 is 15.9 Å². The molecule has 2 aromatic rings. The molecule has 1 N–H and O–H groups in total. The first-order valence-electron chi connectivity index (χ1n) is 6.87. The zero-order chi connectivity index (χ0) is 17.0. The summed E-state index contributed by atoms with van der Waals surface area (Å²) in [7, 11) is 0. The minimum atomic E-state index is -1.01. The number of rotatable bonds is 4. The Morgan fingerprint density at radius 2 is 1.65 bits per heavy atom. The third-order valence-electron chi connectivity index (χ3n) is 3.18. The summed E-state index contributed by atoms with van der Waals surface area (Å²) in [6.07, 6.45) is 2.57. The van der Waals surface area contributed by atoms with Gasteiger partial charge >= 0.3 is 11.9 Å². The van der Waals surface area contributed by atoms with Gasteiger partial charge in [-0.25, -0.2) is 9.59 Å². The second-order valence-electron chi connectivity index (χ2n) is 5.05. The van der Waals surface area contributed by atoms with Gasteiger partial charge in [-0.3, -0.25) is 0 Å². The smallest absolute Gasteiger partial charge is 0.343 e. The standard InChI is InChI=1S/C18H15BrO4/c1-11-9-13(3-8-16(20)21)10-12(2)17(11)23-18(22)14-4-6-15(19)7-5-14/h3-10H,1-2H3,(H,20,21)/b8-3+. The molecular formula is C18H15BrO4. The number of carbonyl (C=O) groups is 2. The molecule has 0 aromatic heterocycles. The molecule has 2 rings (SSSR count). The molecule has 0 radical (unpaired) electrons. The van der Waals surface area contributed by atoms with Crippen molar-refractivity contribution in [3.8, 4) is 5.75 Å². The van der Waals surface area contributed by atoms with Gasteiger partial charge < -0.3 is 9.84 Å². The average molecular weight is 375 g/mol. The van der Waals surface area contributed by atoms with Gasteiger partial charge in [0, 0.05) is 10.5 Å². The maximum absolute atomic E-state index is 12.2. The van der Waals surface area contributed by atoms with E-state index in [1.165, 1.54) is 6.08 Å². The molecule has 2 aromatic carbocycles. The summed E-state index contributed by atoms with van der Waals surface area (Å²) >= 11 is 3.32. The van der Waals surface area contributed by atoms with Gasteiger partial charge in [0.25, 0.3) is 0 Å². The Bertz CT molecular complexity index is 753. The molecule has 0 atom stereocenters. The predicted octanol–water partition coefficient (Wildman–Crippen LogP) is 4.38. The van der Waals surface area contributed by atoms with Gasteiger partial charge in [0.05, 0.1) is 5.56 Å². The number of ether oxygens (including phenoxy) is 1. The SMILES string of the molecule is Cc1cc(/C=C/C(=O)O)cc(C)c1OC(=O)c1ccc(Br)cc1. The topological polar surface area (TPSA) is 63.6 Å². The molecule has 0 amide bonds. The first kappa shape index (κ1) is 17.0. The number of hydrogen-bond acceptors (Lipinski definition) is 3. The van der Waals surface area contributed by atoms with Crippen LogP contribution in [0.1, 0.15) is 27.0 Å². The molecule has 0 spiro atoms. The minimum absolute atomic E-state index is 0.433. The van der Waals surface area contributed by atoms with Gasteiger partial charge in [0.1, 0.15) is 5.75 Å². The van der Waals surface area contributed by atoms with Crippen LogP contribution in [-0.4, -0.2) is 17.0 Å². The van der Waals surface area contributed by atoms with Crippen molar-refractivity contribution in [1.29, 1.82) is 0 Å². The largest absolute Gasteiger partial charge is 0.478 e. The lowest BCUT2D eigenvalue weighted by atomic mass is 10.1. The van der Waals surface area contributed by atoms with Gasteiger partial charge in [-0.1, -0.05) is 15.9 Å². The van der Waals surface area contributed by atoms with Crippen LogP contribution in [0.5, 0.6) is 5.75 Å². The number of esters is 1. The number of carbonyl (C=O) groups excluding carboxylic acids is 1. The molecule has 0 saturated carbocycles. The van der Waals surface area contributed by atoms with E-state index in [0.29, 0.717) is 11.3 Å². The normalized spacial score (nSPS) is 10.7. The number of hydrogen-bond donors (Lipinski definition) is 1. The lowest BCUT2D eigenvalue weighted by Gasteiger charge is -2.12. The second kappa shape index (κ2) is 7.24. The third kappa shape index (κ3) is 4.53. The minimum Gasteiger partial charge on any atom is -0.478 e. The van der Waals surface area contributed by atoms with E-state index in [1.807, 2.05) is 13.8 Å². The highest BCUT2D eigenvalue weighted by Gasteiger charge is 2.13. The van der Waals surface area contributed by atoms with E-state index in [1.54, 1.807) is 36.4 Å². The molecule has 0 unspecified atom stereocenters. The summed E-state index contributed by atoms with van der Waals surface area (Å²) in [6, 6.07) is 10.5. The van der Waals surface area contributed by atoms with Crippen molar-refractivity contribution in [2.75, 3.05) is 0 Å². The molecule has 0 saturated heterocycles. The maximum Gasteiger partial charge on any atom is 0.343 e. The van der Waals surface area contributed by atoms with Crippen LogP contribution in [0.25, 0.3) is 6.08 Å². The molecular weight excluding hydrogens is 360 g/mol. The summed E-state index contributed by atoms with van der Waals surface area (Å²) in [5, 5.41) is 8.67. The van der Waals surface area contributed by atoms with Crippen molar-refractivity contribution < 1.29 is 19.4 Å². The Morgan fingerprint density at radius 3 is 2.17 bits per heavy atom. The number of aryl methyl sites for hydroxylation is 2. The zero-order valence-electron chi connectivity index (χ0n) is 12.7. The molecule has 0 fully saturated rings. The Hall–Kier alpha value is -2.40. The van der Waals surface area contributed by atoms with E-state index in [-0.39, 0.29) is 0 Å². The van der Waals surface area contributed by atoms with Crippen molar-refractivity contribution in [2.24, 2.45) is 0 Å². The summed E-state index contributed by atoms with van der Waals surface area (Å²) in [4.78, 5) is 22.8. The second-order valence-corrected chi connectivity index (χ2v) is 5.97. The summed E-state index contributed by atoms with van der Waals surface area (Å²) in [5.41, 5.74) is 2.73. The number of benzene rings is 2. The fourth-order valence-corrected chi connectivity index (χ4v) is 2.41. The highest BCUT2D eigenvalue weighted by atomic mass is 79.9. The van der Waals surface area contributed by atoms with Crippen LogP contribution in [0.4, 0.5) is 0 Å². The highest BCUT2D eigenvalue weighted by Crippen LogP contribution is 2.26. The van der Waals surface area contributed by atoms with E-state index in [9.17, 15) is 9.59 Å². The first-order chi connectivity index (χ1) is 10.9. The average Bonchev–Trinajstić information content (AvgIpc) is 2.49. The number of halogens is 1. The molecule has 0 bridgehead atoms. The molecule has 5 heteroatoms. The Morgan fingerprint density at radius 1 is 1.09 bits per heavy atom. The fraction of sp³-hybridized carbons (Fsp3) is 0.111. The first-order valence-corrected chi connectivity index (χ1v) is 7.66. The van der Waals surface area contributed by atoms with Crippen molar-refractivity contribution in [3.05, 3.63) is 69.2 Å². The van der Waals surface area contributed by atoms with E-state index in [0.717, 1.165) is 27.2 Å². The highest BCUT2D eigenvalue weighted by molar-refractivity contribution is 9.10. The van der Waals surface area contributed by atoms with Gasteiger partial charge in [-0.05, 0) is 73.0 Å². The van der Waals surface area contributed by atoms with E-state index in [4.69, 9.17) is 9.84 Å². The van der Waals surface area contributed by atoms with Gasteiger partial charge in [0.15, 0.2) is 0 Å². The van der Waals surface area contributed by atoms with E-state index in [2.05, 4.69) is 15.9 Å². The van der Waals surface area contributed by atoms with Crippen molar-refractivity contribution in [2.45, 2.75) is 13.8 Å². The predicted molar refractivity (Wildman–Crippen MR) is 91.7 cm³/mol. The number of carboxylic acids is 1. The molecule has 118 valence electrons. The quantitative estimate of drug-likeness (QED) is 0.489. The summed E-state index contributed by atoms with van der Waals surface area (Å²) < 4.78 is 6.37. The Kier molecular flexibility index (Phi) is 5.34. The van der Waals surface area contributed by atoms with Crippen LogP contribution < -0.4 is 4.74 Å². The van der Waals surface area contributed by atoms with E-state index >= 15 is 0 Å². The molecule has 0 heterocycles. The summed E-state index contributed by atoms with van der Waals surface area (Å²) in [5.74, 6) is -0.950. The number of carboxylic acid groups (broad SMARTS) is 1. The van der Waals surface area contributed by atoms with Crippen LogP contribution in [-0.2, 0) is 4.79 Å². The third-order valence-corrected chi connectivity index (χ3v) is 3.70. The van der Waals surface area contributed by atoms with Crippen LogP contribution in [0.15, 0.2) is 46.9 Å².